The molecule has 0 fully saturated rings. The van der Waals surface area contributed by atoms with Gasteiger partial charge in [-0.15, -0.1) is 0 Å². The quantitative estimate of drug-likeness (QED) is 0.186. The second-order valence-corrected chi connectivity index (χ2v) is 9.85. The van der Waals surface area contributed by atoms with Crippen LogP contribution < -0.4 is 0 Å². The number of Topliss-reactive ketones (excluding diaryl/α,β-unsaturated/α-hetero) is 3. The third-order valence-electron chi connectivity index (χ3n) is 6.37. The fourth-order valence-electron chi connectivity index (χ4n) is 4.18. The topological polar surface area (TPSA) is 152 Å². The standard InChI is InChI=1S/C28H34O8/c1-13(2)8-9-17-22(31)18(24(33)20(15(5)29)23(17)32)12-19-25(34)21(16(6)30)27(36)28(7,26(19)35)11-10-14(3)4/h8,10,31-35H,9,11-12H2,1-7H3/t28-/m1/s1. The molecule has 0 amide bonds. The molecule has 8 nitrogen and oxygen atoms in total. The highest BCUT2D eigenvalue weighted by molar-refractivity contribution is 6.23. The number of aliphatic hydroxyl groups excluding tert-OH is 2. The predicted molar refractivity (Wildman–Crippen MR) is 135 cm³/mol. The number of hydrogen-bond donors (Lipinski definition) is 5. The van der Waals surface area contributed by atoms with Gasteiger partial charge in [-0.25, -0.2) is 0 Å². The molecular formula is C28H34O8. The van der Waals surface area contributed by atoms with E-state index in [9.17, 15) is 39.9 Å². The van der Waals surface area contributed by atoms with Crippen molar-refractivity contribution in [1.29, 1.82) is 0 Å². The highest BCUT2D eigenvalue weighted by Crippen LogP contribution is 2.47. The van der Waals surface area contributed by atoms with Crippen LogP contribution in [0.1, 0.15) is 76.4 Å². The molecular weight excluding hydrogens is 464 g/mol. The number of aliphatic hydroxyl groups is 2. The molecule has 194 valence electrons. The van der Waals surface area contributed by atoms with E-state index in [1.807, 2.05) is 13.8 Å². The minimum atomic E-state index is -1.59. The number of hydrogen-bond acceptors (Lipinski definition) is 8. The van der Waals surface area contributed by atoms with E-state index in [-0.39, 0.29) is 29.5 Å². The Morgan fingerprint density at radius 3 is 1.78 bits per heavy atom. The summed E-state index contributed by atoms with van der Waals surface area (Å²) in [6, 6.07) is 0. The van der Waals surface area contributed by atoms with Gasteiger partial charge < -0.3 is 25.5 Å². The zero-order chi connectivity index (χ0) is 27.7. The van der Waals surface area contributed by atoms with Crippen LogP contribution in [0.25, 0.3) is 0 Å². The van der Waals surface area contributed by atoms with Gasteiger partial charge in [0.2, 0.25) is 0 Å². The number of rotatable bonds is 8. The van der Waals surface area contributed by atoms with Gasteiger partial charge in [-0.1, -0.05) is 23.3 Å². The second-order valence-electron chi connectivity index (χ2n) is 9.85. The lowest BCUT2D eigenvalue weighted by atomic mass is 9.70. The summed E-state index contributed by atoms with van der Waals surface area (Å²) in [6.07, 6.45) is 2.97. The predicted octanol–water partition coefficient (Wildman–Crippen LogP) is 5.22. The number of carbonyl (C=O) groups is 3. The van der Waals surface area contributed by atoms with Crippen LogP contribution in [-0.2, 0) is 22.4 Å². The lowest BCUT2D eigenvalue weighted by molar-refractivity contribution is -0.127. The van der Waals surface area contributed by atoms with Crippen molar-refractivity contribution in [1.82, 2.24) is 0 Å². The van der Waals surface area contributed by atoms with Crippen LogP contribution in [0.5, 0.6) is 17.2 Å². The van der Waals surface area contributed by atoms with Gasteiger partial charge in [0.05, 0.1) is 5.41 Å². The van der Waals surface area contributed by atoms with Crippen LogP contribution in [-0.4, -0.2) is 42.9 Å². The summed E-state index contributed by atoms with van der Waals surface area (Å²) in [7, 11) is 0. The Balaban J connectivity index is 2.89. The number of benzene rings is 1. The summed E-state index contributed by atoms with van der Waals surface area (Å²) >= 11 is 0. The highest BCUT2D eigenvalue weighted by Gasteiger charge is 2.47. The Hall–Kier alpha value is -3.81. The molecule has 2 rings (SSSR count). The largest absolute Gasteiger partial charge is 0.511 e. The monoisotopic (exact) mass is 498 g/mol. The fourth-order valence-corrected chi connectivity index (χ4v) is 4.18. The van der Waals surface area contributed by atoms with Crippen molar-refractivity contribution >= 4 is 17.3 Å². The zero-order valence-electron chi connectivity index (χ0n) is 21.7. The SMILES string of the molecule is CC(=O)C1=C(O)C(Cc2c(O)c(CC=C(C)C)c(O)c(C(C)=O)c2O)=C(O)[C@@](C)(CC=C(C)C)C1=O. The van der Waals surface area contributed by atoms with Gasteiger partial charge in [-0.05, 0) is 61.3 Å². The van der Waals surface area contributed by atoms with E-state index >= 15 is 0 Å². The molecule has 0 unspecified atom stereocenters. The van der Waals surface area contributed by atoms with E-state index in [2.05, 4.69) is 0 Å². The van der Waals surface area contributed by atoms with Crippen LogP contribution in [0.3, 0.4) is 0 Å². The molecule has 1 aliphatic rings. The average molecular weight is 499 g/mol. The maximum absolute atomic E-state index is 13.2. The lowest BCUT2D eigenvalue weighted by Gasteiger charge is -2.33. The van der Waals surface area contributed by atoms with E-state index in [1.165, 1.54) is 6.92 Å². The number of aromatic hydroxyl groups is 3. The van der Waals surface area contributed by atoms with Crippen LogP contribution in [0.4, 0.5) is 0 Å². The summed E-state index contributed by atoms with van der Waals surface area (Å²) in [5.74, 6) is -5.24. The van der Waals surface area contributed by atoms with E-state index in [1.54, 1.807) is 26.0 Å². The van der Waals surface area contributed by atoms with Crippen molar-refractivity contribution in [2.45, 2.75) is 67.7 Å². The molecule has 1 aromatic rings. The van der Waals surface area contributed by atoms with Crippen LogP contribution in [0.15, 0.2) is 46.0 Å². The summed E-state index contributed by atoms with van der Waals surface area (Å²) in [4.78, 5) is 37.8. The van der Waals surface area contributed by atoms with Crippen molar-refractivity contribution in [3.05, 3.63) is 62.7 Å². The molecule has 0 aromatic heterocycles. The van der Waals surface area contributed by atoms with Gasteiger partial charge in [-0.3, -0.25) is 14.4 Å². The number of ketones is 3. The molecule has 5 N–H and O–H groups in total. The Bertz CT molecular complexity index is 1260. The summed E-state index contributed by atoms with van der Waals surface area (Å²) in [6.45, 7) is 10.9. The molecule has 0 saturated carbocycles. The molecule has 1 aromatic carbocycles. The second kappa shape index (κ2) is 10.4. The number of allylic oxidation sites excluding steroid dienone is 7. The first-order valence-electron chi connectivity index (χ1n) is 11.5. The Kier molecular flexibility index (Phi) is 8.24. The van der Waals surface area contributed by atoms with E-state index < -0.39 is 69.1 Å². The number of phenols is 3. The minimum absolute atomic E-state index is 0.0243. The third kappa shape index (κ3) is 5.08. The van der Waals surface area contributed by atoms with Gasteiger partial charge in [-0.2, -0.15) is 0 Å². The molecule has 0 spiro atoms. The molecule has 0 bridgehead atoms. The molecule has 1 aliphatic carbocycles. The summed E-state index contributed by atoms with van der Waals surface area (Å²) in [5, 5.41) is 54.6. The maximum Gasteiger partial charge on any atom is 0.183 e. The van der Waals surface area contributed by atoms with Gasteiger partial charge in [0.1, 0.15) is 39.9 Å². The first-order chi connectivity index (χ1) is 16.6. The summed E-state index contributed by atoms with van der Waals surface area (Å²) < 4.78 is 0. The zero-order valence-corrected chi connectivity index (χ0v) is 21.7. The molecule has 36 heavy (non-hydrogen) atoms. The molecule has 0 saturated heterocycles. The van der Waals surface area contributed by atoms with Crippen molar-refractivity contribution in [2.75, 3.05) is 0 Å². The average Bonchev–Trinajstić information content (AvgIpc) is 2.75. The Labute approximate surface area is 210 Å². The number of carbonyl (C=O) groups excluding carboxylic acids is 3. The van der Waals surface area contributed by atoms with Crippen LogP contribution in [0, 0.1) is 5.41 Å². The fraction of sp³-hybridized carbons (Fsp3) is 0.393. The highest BCUT2D eigenvalue weighted by atomic mass is 16.3. The molecule has 0 heterocycles. The first kappa shape index (κ1) is 28.4. The van der Waals surface area contributed by atoms with Gasteiger partial charge in [0.25, 0.3) is 0 Å². The molecule has 0 radical (unpaired) electrons. The summed E-state index contributed by atoms with van der Waals surface area (Å²) in [5.41, 5.74) is -1.28. The molecule has 0 aliphatic heterocycles. The normalized spacial score (nSPS) is 17.8. The van der Waals surface area contributed by atoms with E-state index in [4.69, 9.17) is 0 Å². The van der Waals surface area contributed by atoms with E-state index in [0.717, 1.165) is 25.0 Å². The van der Waals surface area contributed by atoms with Gasteiger partial charge >= 0.3 is 0 Å². The maximum atomic E-state index is 13.2. The van der Waals surface area contributed by atoms with E-state index in [0.29, 0.717) is 0 Å². The van der Waals surface area contributed by atoms with Gasteiger partial charge in [0.15, 0.2) is 17.3 Å². The van der Waals surface area contributed by atoms with Gasteiger partial charge in [0, 0.05) is 23.1 Å². The van der Waals surface area contributed by atoms with Crippen LogP contribution in [0.2, 0.25) is 0 Å². The molecule has 8 heteroatoms. The van der Waals surface area contributed by atoms with Crippen LogP contribution >= 0.6 is 0 Å². The Morgan fingerprint density at radius 1 is 0.778 bits per heavy atom. The van der Waals surface area contributed by atoms with Crippen molar-refractivity contribution < 1.29 is 39.9 Å². The number of phenolic OH excluding ortho intramolecular Hbond substituents is 3. The lowest BCUT2D eigenvalue weighted by Crippen LogP contribution is -2.38. The first-order valence-corrected chi connectivity index (χ1v) is 11.5. The Morgan fingerprint density at radius 2 is 1.31 bits per heavy atom. The van der Waals surface area contributed by atoms with Crippen molar-refractivity contribution in [2.24, 2.45) is 5.41 Å². The van der Waals surface area contributed by atoms with Crippen molar-refractivity contribution in [3.63, 3.8) is 0 Å². The third-order valence-corrected chi connectivity index (χ3v) is 6.37. The molecule has 1 atom stereocenters. The minimum Gasteiger partial charge on any atom is -0.511 e. The van der Waals surface area contributed by atoms with Crippen molar-refractivity contribution in [3.8, 4) is 17.2 Å². The smallest absolute Gasteiger partial charge is 0.183 e.